The molecule has 1 amide bonds. The molecule has 6 rings (SSSR count). The Morgan fingerprint density at radius 3 is 2.51 bits per heavy atom. The molecule has 0 unspecified atom stereocenters. The van der Waals surface area contributed by atoms with Crippen molar-refractivity contribution in [3.8, 4) is 23.0 Å². The number of carbonyl (C=O) groups excluding carboxylic acids is 1. The van der Waals surface area contributed by atoms with Gasteiger partial charge in [-0.05, 0) is 48.2 Å². The van der Waals surface area contributed by atoms with Crippen LogP contribution in [0.3, 0.4) is 0 Å². The first-order valence-corrected chi connectivity index (χ1v) is 12.3. The molecule has 192 valence electrons. The number of nitrogen functional groups attached to an aromatic ring is 1. The Hall–Kier alpha value is -5.49. The van der Waals surface area contributed by atoms with Crippen molar-refractivity contribution >= 4 is 28.3 Å². The number of fused-ring (bicyclic) bond motifs is 2. The van der Waals surface area contributed by atoms with Crippen molar-refractivity contribution in [1.29, 1.82) is 0 Å². The van der Waals surface area contributed by atoms with Crippen LogP contribution in [0.5, 0.6) is 0 Å². The van der Waals surface area contributed by atoms with Crippen molar-refractivity contribution in [2.75, 3.05) is 5.73 Å². The lowest BCUT2D eigenvalue weighted by molar-refractivity contribution is 0.100. The second-order valence-electron chi connectivity index (χ2n) is 8.71. The number of carbonyl (C=O) groups is 1. The SMILES string of the molecule is CCc1nc2cccc(C#Cc3ccn(C)n3)c2cc1-c1ccccc1.NC(=O)c1c(N)nn2cccnc12. The fourth-order valence-corrected chi connectivity index (χ4v) is 4.23. The summed E-state index contributed by atoms with van der Waals surface area (Å²) in [6.07, 6.45) is 5.98. The maximum absolute atomic E-state index is 10.9. The van der Waals surface area contributed by atoms with E-state index in [1.54, 1.807) is 23.1 Å². The minimum absolute atomic E-state index is 0.103. The molecule has 2 aromatic carbocycles. The Morgan fingerprint density at radius 1 is 0.974 bits per heavy atom. The molecule has 0 aliphatic carbocycles. The normalized spacial score (nSPS) is 10.5. The van der Waals surface area contributed by atoms with E-state index in [9.17, 15) is 4.79 Å². The van der Waals surface area contributed by atoms with Crippen LogP contribution in [0.25, 0.3) is 27.7 Å². The molecule has 9 heteroatoms. The Kier molecular flexibility index (Phi) is 7.01. The third-order valence-electron chi connectivity index (χ3n) is 6.07. The van der Waals surface area contributed by atoms with Crippen LogP contribution in [0.1, 0.15) is 34.2 Å². The molecule has 0 saturated heterocycles. The summed E-state index contributed by atoms with van der Waals surface area (Å²) >= 11 is 0. The Balaban J connectivity index is 0.000000198. The third kappa shape index (κ3) is 5.31. The Bertz CT molecular complexity index is 1860. The highest BCUT2D eigenvalue weighted by Crippen LogP contribution is 2.28. The number of hydrogen-bond acceptors (Lipinski definition) is 6. The number of primary amides is 1. The molecule has 0 aliphatic rings. The average molecular weight is 515 g/mol. The number of benzene rings is 2. The number of anilines is 1. The lowest BCUT2D eigenvalue weighted by Crippen LogP contribution is -2.12. The van der Waals surface area contributed by atoms with Gasteiger partial charge >= 0.3 is 0 Å². The van der Waals surface area contributed by atoms with Crippen LogP contribution in [0.4, 0.5) is 5.82 Å². The van der Waals surface area contributed by atoms with Gasteiger partial charge in [0.05, 0.1) is 5.52 Å². The van der Waals surface area contributed by atoms with Gasteiger partial charge in [0.25, 0.3) is 5.91 Å². The summed E-state index contributed by atoms with van der Waals surface area (Å²) in [7, 11) is 1.89. The lowest BCUT2D eigenvalue weighted by Gasteiger charge is -2.10. The van der Waals surface area contributed by atoms with E-state index in [0.717, 1.165) is 34.3 Å². The number of rotatable bonds is 3. The monoisotopic (exact) mass is 514 g/mol. The second-order valence-corrected chi connectivity index (χ2v) is 8.71. The maximum Gasteiger partial charge on any atom is 0.256 e. The van der Waals surface area contributed by atoms with Gasteiger partial charge in [0.15, 0.2) is 11.5 Å². The van der Waals surface area contributed by atoms with E-state index in [1.807, 2.05) is 37.5 Å². The second kappa shape index (κ2) is 10.9. The van der Waals surface area contributed by atoms with E-state index in [1.165, 1.54) is 15.6 Å². The van der Waals surface area contributed by atoms with Gasteiger partial charge in [0.1, 0.15) is 11.3 Å². The smallest absolute Gasteiger partial charge is 0.256 e. The minimum atomic E-state index is -0.619. The molecule has 0 radical (unpaired) electrons. The van der Waals surface area contributed by atoms with Crippen molar-refractivity contribution < 1.29 is 4.79 Å². The largest absolute Gasteiger partial charge is 0.381 e. The van der Waals surface area contributed by atoms with Crippen LogP contribution in [0.2, 0.25) is 0 Å². The number of hydrogen-bond donors (Lipinski definition) is 2. The lowest BCUT2D eigenvalue weighted by atomic mass is 9.98. The molecule has 9 nitrogen and oxygen atoms in total. The molecule has 4 N–H and O–H groups in total. The molecule has 6 aromatic rings. The van der Waals surface area contributed by atoms with Gasteiger partial charge in [0, 0.05) is 47.8 Å². The highest BCUT2D eigenvalue weighted by Gasteiger charge is 2.15. The number of amides is 1. The summed E-state index contributed by atoms with van der Waals surface area (Å²) in [6, 6.07) is 22.3. The van der Waals surface area contributed by atoms with Gasteiger partial charge in [-0.1, -0.05) is 49.2 Å². The van der Waals surface area contributed by atoms with Crippen LogP contribution >= 0.6 is 0 Å². The van der Waals surface area contributed by atoms with Gasteiger partial charge in [0.2, 0.25) is 0 Å². The molecule has 0 saturated carbocycles. The molecule has 0 fully saturated rings. The molecule has 39 heavy (non-hydrogen) atoms. The predicted octanol–water partition coefficient (Wildman–Crippen LogP) is 4.01. The van der Waals surface area contributed by atoms with Gasteiger partial charge < -0.3 is 11.5 Å². The summed E-state index contributed by atoms with van der Waals surface area (Å²) in [4.78, 5) is 19.8. The van der Waals surface area contributed by atoms with E-state index >= 15 is 0 Å². The molecule has 0 spiro atoms. The van der Waals surface area contributed by atoms with E-state index in [0.29, 0.717) is 5.65 Å². The summed E-state index contributed by atoms with van der Waals surface area (Å²) in [5.41, 5.74) is 17.3. The van der Waals surface area contributed by atoms with Crippen LogP contribution in [-0.2, 0) is 13.5 Å². The standard InChI is InChI=1S/C23H19N3.C7H7N5O/c1-3-22-20(17-8-5-4-6-9-17)16-21-18(10-7-11-23(21)24-22)12-13-19-14-15-26(2)25-19;8-5-4(6(9)13)7-10-2-1-3-12(7)11-5/h4-11,14-16H,3H2,1-2H3;1-3H,(H2,8,11)(H2,9,13). The van der Waals surface area contributed by atoms with Crippen LogP contribution in [-0.4, -0.2) is 35.3 Å². The first-order valence-electron chi connectivity index (χ1n) is 12.3. The first kappa shape index (κ1) is 25.2. The van der Waals surface area contributed by atoms with E-state index in [-0.39, 0.29) is 11.4 Å². The van der Waals surface area contributed by atoms with Gasteiger partial charge in [-0.3, -0.25) is 14.5 Å². The Labute approximate surface area is 225 Å². The highest BCUT2D eigenvalue weighted by atomic mass is 16.1. The zero-order valence-electron chi connectivity index (χ0n) is 21.5. The molecular formula is C30H26N8O. The van der Waals surface area contributed by atoms with Crippen LogP contribution in [0.15, 0.2) is 85.3 Å². The minimum Gasteiger partial charge on any atom is -0.381 e. The van der Waals surface area contributed by atoms with E-state index in [2.05, 4.69) is 70.3 Å². The van der Waals surface area contributed by atoms with Crippen molar-refractivity contribution in [2.45, 2.75) is 13.3 Å². The summed E-state index contributed by atoms with van der Waals surface area (Å²) < 4.78 is 3.17. The number of nitrogens with two attached hydrogens (primary N) is 2. The van der Waals surface area contributed by atoms with E-state index < -0.39 is 5.91 Å². The number of nitrogens with zero attached hydrogens (tertiary/aromatic N) is 6. The Morgan fingerprint density at radius 2 is 1.79 bits per heavy atom. The van der Waals surface area contributed by atoms with Crippen molar-refractivity contribution in [3.63, 3.8) is 0 Å². The van der Waals surface area contributed by atoms with Crippen LogP contribution in [0, 0.1) is 11.8 Å². The number of aryl methyl sites for hydroxylation is 2. The fourth-order valence-electron chi connectivity index (χ4n) is 4.23. The molecule has 4 heterocycles. The van der Waals surface area contributed by atoms with E-state index in [4.69, 9.17) is 16.5 Å². The molecular weight excluding hydrogens is 488 g/mol. The van der Waals surface area contributed by atoms with Crippen molar-refractivity contribution in [3.05, 3.63) is 108 Å². The fraction of sp³-hybridized carbons (Fsp3) is 0.100. The maximum atomic E-state index is 10.9. The van der Waals surface area contributed by atoms with Crippen molar-refractivity contribution in [2.24, 2.45) is 12.8 Å². The summed E-state index contributed by atoms with van der Waals surface area (Å²) in [5.74, 6) is 5.90. The predicted molar refractivity (Wildman–Crippen MR) is 152 cm³/mol. The molecule has 4 aromatic heterocycles. The topological polar surface area (TPSA) is 130 Å². The molecule has 0 bridgehead atoms. The first-order chi connectivity index (χ1) is 18.9. The molecule has 0 atom stereocenters. The molecule has 0 aliphatic heterocycles. The highest BCUT2D eigenvalue weighted by molar-refractivity contribution is 6.03. The summed E-state index contributed by atoms with van der Waals surface area (Å²) in [6.45, 7) is 2.14. The number of pyridine rings is 1. The van der Waals surface area contributed by atoms with Crippen molar-refractivity contribution in [1.82, 2.24) is 29.4 Å². The summed E-state index contributed by atoms with van der Waals surface area (Å²) in [5, 5.41) is 9.27. The van der Waals surface area contributed by atoms with Gasteiger partial charge in [-0.15, -0.1) is 5.10 Å². The van der Waals surface area contributed by atoms with Crippen LogP contribution < -0.4 is 11.5 Å². The average Bonchev–Trinajstić information content (AvgIpc) is 3.53. The third-order valence-corrected chi connectivity index (χ3v) is 6.07. The quantitative estimate of drug-likeness (QED) is 0.343. The van der Waals surface area contributed by atoms with Gasteiger partial charge in [-0.25, -0.2) is 9.50 Å². The number of aromatic nitrogens is 6. The zero-order chi connectivity index (χ0) is 27.4. The zero-order valence-corrected chi connectivity index (χ0v) is 21.5. The van der Waals surface area contributed by atoms with Gasteiger partial charge in [-0.2, -0.15) is 5.10 Å².